The summed E-state index contributed by atoms with van der Waals surface area (Å²) >= 11 is 0. The highest BCUT2D eigenvalue weighted by Crippen LogP contribution is 2.31. The van der Waals surface area contributed by atoms with Crippen molar-refractivity contribution in [1.82, 2.24) is 15.0 Å². The molecule has 0 saturated carbocycles. The number of nitrogens with one attached hydrogen (secondary N) is 1. The summed E-state index contributed by atoms with van der Waals surface area (Å²) in [7, 11) is 1.73. The first-order valence-corrected chi connectivity index (χ1v) is 11.2. The van der Waals surface area contributed by atoms with Gasteiger partial charge in [-0.05, 0) is 60.4 Å². The standard InChI is InChI=1S/C28H26N4O/c1-19-8-10-20(11-9-19)17-30-28-25-16-22(21-5-3-7-24(15-21)33-2)12-13-26(25)31-27(32-28)23-6-4-14-29-18-23/h4-6,8-16,18H,3,7,17H2,1-2H3,(H,30,31,32). The molecular formula is C28H26N4O. The molecule has 0 fully saturated rings. The highest BCUT2D eigenvalue weighted by atomic mass is 16.5. The van der Waals surface area contributed by atoms with Crippen molar-refractivity contribution in [2.75, 3.05) is 12.4 Å². The van der Waals surface area contributed by atoms with Crippen LogP contribution in [-0.2, 0) is 11.3 Å². The molecular weight excluding hydrogens is 408 g/mol. The zero-order valence-electron chi connectivity index (χ0n) is 18.9. The zero-order valence-corrected chi connectivity index (χ0v) is 18.9. The van der Waals surface area contributed by atoms with Gasteiger partial charge >= 0.3 is 0 Å². The van der Waals surface area contributed by atoms with Crippen LogP contribution in [0.2, 0.25) is 0 Å². The average Bonchev–Trinajstić information content (AvgIpc) is 2.88. The molecule has 5 rings (SSSR count). The number of benzene rings is 2. The van der Waals surface area contributed by atoms with Gasteiger partial charge in [0.15, 0.2) is 5.82 Å². The molecule has 5 heteroatoms. The lowest BCUT2D eigenvalue weighted by molar-refractivity contribution is 0.277. The summed E-state index contributed by atoms with van der Waals surface area (Å²) in [6.45, 7) is 2.78. The number of allylic oxidation sites excluding steroid dienone is 4. The lowest BCUT2D eigenvalue weighted by Crippen LogP contribution is -2.05. The van der Waals surface area contributed by atoms with E-state index in [0.29, 0.717) is 12.4 Å². The summed E-state index contributed by atoms with van der Waals surface area (Å²) < 4.78 is 5.49. The molecule has 2 heterocycles. The van der Waals surface area contributed by atoms with Crippen molar-refractivity contribution in [1.29, 1.82) is 0 Å². The first-order chi connectivity index (χ1) is 16.2. The second-order valence-corrected chi connectivity index (χ2v) is 8.22. The maximum atomic E-state index is 5.49. The lowest BCUT2D eigenvalue weighted by atomic mass is 9.97. The lowest BCUT2D eigenvalue weighted by Gasteiger charge is -2.15. The van der Waals surface area contributed by atoms with Crippen LogP contribution < -0.4 is 5.32 Å². The Morgan fingerprint density at radius 1 is 1.00 bits per heavy atom. The minimum Gasteiger partial charge on any atom is -0.501 e. The van der Waals surface area contributed by atoms with Crippen LogP contribution in [0.25, 0.3) is 27.9 Å². The number of anilines is 1. The highest BCUT2D eigenvalue weighted by Gasteiger charge is 2.13. The minimum atomic E-state index is 0.660. The van der Waals surface area contributed by atoms with E-state index in [-0.39, 0.29) is 0 Å². The Morgan fingerprint density at radius 2 is 1.88 bits per heavy atom. The molecule has 0 spiro atoms. The van der Waals surface area contributed by atoms with Gasteiger partial charge in [0.05, 0.1) is 18.4 Å². The number of fused-ring (bicyclic) bond motifs is 1. The molecule has 1 aliphatic carbocycles. The molecule has 33 heavy (non-hydrogen) atoms. The van der Waals surface area contributed by atoms with Crippen molar-refractivity contribution in [3.63, 3.8) is 0 Å². The molecule has 1 aliphatic rings. The summed E-state index contributed by atoms with van der Waals surface area (Å²) in [5.74, 6) is 2.48. The summed E-state index contributed by atoms with van der Waals surface area (Å²) in [5, 5.41) is 4.54. The number of pyridine rings is 1. The molecule has 0 atom stereocenters. The maximum Gasteiger partial charge on any atom is 0.163 e. The highest BCUT2D eigenvalue weighted by molar-refractivity contribution is 5.94. The number of hydrogen-bond acceptors (Lipinski definition) is 5. The van der Waals surface area contributed by atoms with E-state index in [1.54, 1.807) is 19.5 Å². The van der Waals surface area contributed by atoms with Gasteiger partial charge in [0, 0.05) is 36.3 Å². The molecule has 0 amide bonds. The molecule has 0 unspecified atom stereocenters. The van der Waals surface area contributed by atoms with Crippen LogP contribution in [0, 0.1) is 6.92 Å². The van der Waals surface area contributed by atoms with Gasteiger partial charge in [0.1, 0.15) is 5.82 Å². The Hall–Kier alpha value is -3.99. The van der Waals surface area contributed by atoms with Gasteiger partial charge in [-0.1, -0.05) is 42.0 Å². The molecule has 0 aliphatic heterocycles. The number of aryl methyl sites for hydroxylation is 1. The average molecular weight is 435 g/mol. The molecule has 5 nitrogen and oxygen atoms in total. The summed E-state index contributed by atoms with van der Waals surface area (Å²) in [6.07, 6.45) is 9.84. The fraction of sp³-hybridized carbons (Fsp3) is 0.179. The molecule has 2 aromatic heterocycles. The number of methoxy groups -OCH3 is 1. The van der Waals surface area contributed by atoms with E-state index in [0.717, 1.165) is 46.4 Å². The first-order valence-electron chi connectivity index (χ1n) is 11.2. The van der Waals surface area contributed by atoms with Gasteiger partial charge < -0.3 is 10.1 Å². The van der Waals surface area contributed by atoms with Crippen molar-refractivity contribution < 1.29 is 4.74 Å². The summed E-state index contributed by atoms with van der Waals surface area (Å²) in [4.78, 5) is 14.0. The van der Waals surface area contributed by atoms with Crippen LogP contribution in [0.15, 0.2) is 84.9 Å². The second-order valence-electron chi connectivity index (χ2n) is 8.22. The van der Waals surface area contributed by atoms with Gasteiger partial charge in [-0.2, -0.15) is 0 Å². The van der Waals surface area contributed by atoms with E-state index < -0.39 is 0 Å². The Labute approximate surface area is 193 Å². The van der Waals surface area contributed by atoms with Crippen LogP contribution in [0.4, 0.5) is 5.82 Å². The summed E-state index contributed by atoms with van der Waals surface area (Å²) in [6, 6.07) is 18.8. The number of rotatable bonds is 6. The van der Waals surface area contributed by atoms with Crippen molar-refractivity contribution >= 4 is 22.3 Å². The predicted molar refractivity (Wildman–Crippen MR) is 134 cm³/mol. The van der Waals surface area contributed by atoms with Crippen LogP contribution in [0.3, 0.4) is 0 Å². The van der Waals surface area contributed by atoms with Gasteiger partial charge in [-0.15, -0.1) is 0 Å². The number of nitrogens with zero attached hydrogens (tertiary/aromatic N) is 3. The number of aromatic nitrogens is 3. The number of ether oxygens (including phenoxy) is 1. The quantitative estimate of drug-likeness (QED) is 0.385. The normalized spacial score (nSPS) is 13.4. The Bertz CT molecular complexity index is 1340. The molecule has 2 aromatic carbocycles. The molecule has 0 saturated heterocycles. The molecule has 4 aromatic rings. The van der Waals surface area contributed by atoms with Crippen molar-refractivity contribution in [3.05, 3.63) is 102 Å². The number of hydrogen-bond donors (Lipinski definition) is 1. The third-order valence-electron chi connectivity index (χ3n) is 5.86. The van der Waals surface area contributed by atoms with Crippen LogP contribution in [0.1, 0.15) is 29.5 Å². The zero-order chi connectivity index (χ0) is 22.6. The van der Waals surface area contributed by atoms with Crippen molar-refractivity contribution in [2.45, 2.75) is 26.3 Å². The fourth-order valence-corrected chi connectivity index (χ4v) is 4.00. The van der Waals surface area contributed by atoms with Crippen LogP contribution in [0.5, 0.6) is 0 Å². The molecule has 0 bridgehead atoms. The SMILES string of the molecule is COC1=CC(c2ccc3nc(-c4cccnc4)nc(NCc4ccc(C)cc4)c3c2)=CCC1. The van der Waals surface area contributed by atoms with E-state index >= 15 is 0 Å². The van der Waals surface area contributed by atoms with Gasteiger partial charge in [-0.25, -0.2) is 9.97 Å². The Kier molecular flexibility index (Phi) is 5.85. The summed E-state index contributed by atoms with van der Waals surface area (Å²) in [5.41, 5.74) is 6.54. The van der Waals surface area contributed by atoms with Crippen LogP contribution in [-0.4, -0.2) is 22.1 Å². The first kappa shape index (κ1) is 20.9. The Balaban J connectivity index is 1.57. The van der Waals surface area contributed by atoms with E-state index in [1.165, 1.54) is 16.7 Å². The molecule has 0 radical (unpaired) electrons. The van der Waals surface area contributed by atoms with Crippen LogP contribution >= 0.6 is 0 Å². The van der Waals surface area contributed by atoms with Crippen molar-refractivity contribution in [2.24, 2.45) is 0 Å². The topological polar surface area (TPSA) is 59.9 Å². The third-order valence-corrected chi connectivity index (χ3v) is 5.86. The van der Waals surface area contributed by atoms with E-state index in [2.05, 4.69) is 71.8 Å². The maximum absolute atomic E-state index is 5.49. The molecule has 1 N–H and O–H groups in total. The minimum absolute atomic E-state index is 0.660. The Morgan fingerprint density at radius 3 is 2.67 bits per heavy atom. The van der Waals surface area contributed by atoms with E-state index in [1.807, 2.05) is 12.1 Å². The smallest absolute Gasteiger partial charge is 0.163 e. The largest absolute Gasteiger partial charge is 0.501 e. The van der Waals surface area contributed by atoms with Gasteiger partial charge in [-0.3, -0.25) is 4.98 Å². The second kappa shape index (κ2) is 9.25. The third kappa shape index (κ3) is 4.62. The van der Waals surface area contributed by atoms with E-state index in [9.17, 15) is 0 Å². The van der Waals surface area contributed by atoms with Gasteiger partial charge in [0.25, 0.3) is 0 Å². The fourth-order valence-electron chi connectivity index (χ4n) is 4.00. The monoisotopic (exact) mass is 434 g/mol. The van der Waals surface area contributed by atoms with Gasteiger partial charge in [0.2, 0.25) is 0 Å². The van der Waals surface area contributed by atoms with E-state index in [4.69, 9.17) is 14.7 Å². The predicted octanol–water partition coefficient (Wildman–Crippen LogP) is 6.32. The molecule has 164 valence electrons. The van der Waals surface area contributed by atoms with Crippen molar-refractivity contribution in [3.8, 4) is 11.4 Å².